The Morgan fingerprint density at radius 1 is 1.05 bits per heavy atom. The van der Waals surface area contributed by atoms with Gasteiger partial charge in [0.15, 0.2) is 5.78 Å². The number of methoxy groups -OCH3 is 1. The van der Waals surface area contributed by atoms with E-state index < -0.39 is 0 Å². The largest absolute Gasteiger partial charge is 0.497 e. The number of rotatable bonds is 5. The summed E-state index contributed by atoms with van der Waals surface area (Å²) in [6.45, 7) is 2.09. The van der Waals surface area contributed by atoms with Gasteiger partial charge in [-0.25, -0.2) is 0 Å². The van der Waals surface area contributed by atoms with Gasteiger partial charge in [-0.3, -0.25) is 4.79 Å². The Hall–Kier alpha value is -2.09. The number of carbonyl (C=O) groups is 1. The lowest BCUT2D eigenvalue weighted by atomic mass is 10.0. The van der Waals surface area contributed by atoms with Gasteiger partial charge in [-0.2, -0.15) is 0 Å². The average Bonchev–Trinajstić information content (AvgIpc) is 2.47. The molecule has 0 N–H and O–H groups in total. The van der Waals surface area contributed by atoms with Gasteiger partial charge >= 0.3 is 0 Å². The minimum atomic E-state index is 0.142. The minimum Gasteiger partial charge on any atom is -0.497 e. The Kier molecular flexibility index (Phi) is 4.35. The monoisotopic (exact) mass is 254 g/mol. The molecule has 0 saturated heterocycles. The van der Waals surface area contributed by atoms with Crippen LogP contribution in [0, 0.1) is 0 Å². The molecular formula is C17H18O2. The zero-order valence-electron chi connectivity index (χ0n) is 11.3. The maximum Gasteiger partial charge on any atom is 0.167 e. The van der Waals surface area contributed by atoms with Crippen molar-refractivity contribution in [3.63, 3.8) is 0 Å². The molecule has 0 aromatic heterocycles. The first-order chi connectivity index (χ1) is 9.22. The SMILES string of the molecule is CCc1cccc(C(=O)Cc2cccc(OC)c2)c1. The summed E-state index contributed by atoms with van der Waals surface area (Å²) in [6.07, 6.45) is 1.35. The summed E-state index contributed by atoms with van der Waals surface area (Å²) in [5, 5.41) is 0. The minimum absolute atomic E-state index is 0.142. The Morgan fingerprint density at radius 2 is 1.79 bits per heavy atom. The van der Waals surface area contributed by atoms with Crippen molar-refractivity contribution >= 4 is 5.78 Å². The maximum absolute atomic E-state index is 12.2. The molecule has 2 aromatic carbocycles. The van der Waals surface area contributed by atoms with Gasteiger partial charge in [-0.1, -0.05) is 37.3 Å². The lowest BCUT2D eigenvalue weighted by molar-refractivity contribution is 0.0993. The zero-order chi connectivity index (χ0) is 13.7. The molecule has 0 fully saturated rings. The molecule has 2 rings (SSSR count). The van der Waals surface area contributed by atoms with Crippen LogP contribution in [-0.2, 0) is 12.8 Å². The molecule has 0 spiro atoms. The molecule has 0 atom stereocenters. The van der Waals surface area contributed by atoms with Gasteiger partial charge in [-0.15, -0.1) is 0 Å². The average molecular weight is 254 g/mol. The van der Waals surface area contributed by atoms with Crippen molar-refractivity contribution in [3.05, 3.63) is 65.2 Å². The number of ketones is 1. The van der Waals surface area contributed by atoms with Gasteiger partial charge in [0, 0.05) is 12.0 Å². The molecule has 19 heavy (non-hydrogen) atoms. The van der Waals surface area contributed by atoms with Crippen LogP contribution in [0.2, 0.25) is 0 Å². The number of carbonyl (C=O) groups excluding carboxylic acids is 1. The Balaban J connectivity index is 2.15. The van der Waals surface area contributed by atoms with Crippen LogP contribution < -0.4 is 4.74 Å². The second kappa shape index (κ2) is 6.19. The van der Waals surface area contributed by atoms with Crippen molar-refractivity contribution in [2.45, 2.75) is 19.8 Å². The second-order valence-electron chi connectivity index (χ2n) is 4.51. The number of benzene rings is 2. The van der Waals surface area contributed by atoms with E-state index in [2.05, 4.69) is 6.92 Å². The highest BCUT2D eigenvalue weighted by molar-refractivity contribution is 5.97. The van der Waals surface area contributed by atoms with E-state index >= 15 is 0 Å². The third kappa shape index (κ3) is 3.44. The highest BCUT2D eigenvalue weighted by Gasteiger charge is 2.08. The summed E-state index contributed by atoms with van der Waals surface area (Å²) >= 11 is 0. The lowest BCUT2D eigenvalue weighted by Gasteiger charge is -2.05. The summed E-state index contributed by atoms with van der Waals surface area (Å²) in [5.74, 6) is 0.927. The summed E-state index contributed by atoms with van der Waals surface area (Å²) < 4.78 is 5.17. The van der Waals surface area contributed by atoms with Gasteiger partial charge in [0.1, 0.15) is 5.75 Å². The first-order valence-corrected chi connectivity index (χ1v) is 6.48. The molecule has 2 nitrogen and oxygen atoms in total. The van der Waals surface area contributed by atoms with Gasteiger partial charge in [0.2, 0.25) is 0 Å². The fraction of sp³-hybridized carbons (Fsp3) is 0.235. The van der Waals surface area contributed by atoms with Crippen LogP contribution in [0.4, 0.5) is 0 Å². The molecule has 0 aliphatic carbocycles. The predicted molar refractivity (Wildman–Crippen MR) is 76.8 cm³/mol. The quantitative estimate of drug-likeness (QED) is 0.761. The Labute approximate surface area is 114 Å². The van der Waals surface area contributed by atoms with Crippen LogP contribution in [0.3, 0.4) is 0 Å². The fourth-order valence-corrected chi connectivity index (χ4v) is 2.03. The molecule has 2 heteroatoms. The molecule has 0 heterocycles. The van der Waals surface area contributed by atoms with Crippen LogP contribution in [0.5, 0.6) is 5.75 Å². The van der Waals surface area contributed by atoms with Crippen LogP contribution in [0.25, 0.3) is 0 Å². The summed E-state index contributed by atoms with van der Waals surface area (Å²) in [5.41, 5.74) is 2.95. The van der Waals surface area contributed by atoms with Crippen molar-refractivity contribution < 1.29 is 9.53 Å². The first-order valence-electron chi connectivity index (χ1n) is 6.48. The fourth-order valence-electron chi connectivity index (χ4n) is 2.03. The normalized spacial score (nSPS) is 10.2. The van der Waals surface area contributed by atoms with E-state index in [0.717, 1.165) is 23.3 Å². The molecule has 0 radical (unpaired) electrons. The summed E-state index contributed by atoms with van der Waals surface area (Å²) in [7, 11) is 1.63. The smallest absolute Gasteiger partial charge is 0.167 e. The van der Waals surface area contributed by atoms with Gasteiger partial charge < -0.3 is 4.74 Å². The zero-order valence-corrected chi connectivity index (χ0v) is 11.3. The van der Waals surface area contributed by atoms with Crippen molar-refractivity contribution in [2.75, 3.05) is 7.11 Å². The highest BCUT2D eigenvalue weighted by Crippen LogP contribution is 2.15. The molecule has 0 saturated carbocycles. The number of aryl methyl sites for hydroxylation is 1. The molecule has 98 valence electrons. The van der Waals surface area contributed by atoms with Crippen molar-refractivity contribution in [2.24, 2.45) is 0 Å². The van der Waals surface area contributed by atoms with E-state index in [1.807, 2.05) is 48.5 Å². The van der Waals surface area contributed by atoms with Crippen LogP contribution in [-0.4, -0.2) is 12.9 Å². The number of ether oxygens (including phenoxy) is 1. The first kappa shape index (κ1) is 13.3. The van der Waals surface area contributed by atoms with Crippen LogP contribution in [0.1, 0.15) is 28.4 Å². The Bertz CT molecular complexity index is 573. The molecule has 0 amide bonds. The highest BCUT2D eigenvalue weighted by atomic mass is 16.5. The Morgan fingerprint density at radius 3 is 2.53 bits per heavy atom. The van der Waals surface area contributed by atoms with E-state index in [1.165, 1.54) is 5.56 Å². The standard InChI is InChI=1S/C17H18O2/c1-3-13-6-4-8-15(10-13)17(18)12-14-7-5-9-16(11-14)19-2/h4-11H,3,12H2,1-2H3. The number of hydrogen-bond acceptors (Lipinski definition) is 2. The van der Waals surface area contributed by atoms with E-state index in [9.17, 15) is 4.79 Å². The summed E-state index contributed by atoms with van der Waals surface area (Å²) in [6, 6.07) is 15.5. The number of Topliss-reactive ketones (excluding diaryl/α,β-unsaturated/α-hetero) is 1. The van der Waals surface area contributed by atoms with Gasteiger partial charge in [-0.05, 0) is 35.7 Å². The second-order valence-corrected chi connectivity index (χ2v) is 4.51. The van der Waals surface area contributed by atoms with Gasteiger partial charge in [0.05, 0.1) is 7.11 Å². The van der Waals surface area contributed by atoms with E-state index in [0.29, 0.717) is 6.42 Å². The van der Waals surface area contributed by atoms with Crippen LogP contribution in [0.15, 0.2) is 48.5 Å². The molecule has 0 aliphatic rings. The third-order valence-corrected chi connectivity index (χ3v) is 3.16. The van der Waals surface area contributed by atoms with Gasteiger partial charge in [0.25, 0.3) is 0 Å². The number of hydrogen-bond donors (Lipinski definition) is 0. The van der Waals surface area contributed by atoms with Crippen molar-refractivity contribution in [3.8, 4) is 5.75 Å². The topological polar surface area (TPSA) is 26.3 Å². The van der Waals surface area contributed by atoms with Crippen molar-refractivity contribution in [1.82, 2.24) is 0 Å². The maximum atomic E-state index is 12.2. The molecule has 0 bridgehead atoms. The van der Waals surface area contributed by atoms with E-state index in [1.54, 1.807) is 7.11 Å². The van der Waals surface area contributed by atoms with Crippen LogP contribution >= 0.6 is 0 Å². The molecule has 2 aromatic rings. The summed E-state index contributed by atoms with van der Waals surface area (Å²) in [4.78, 5) is 12.2. The third-order valence-electron chi connectivity index (χ3n) is 3.16. The molecule has 0 unspecified atom stereocenters. The van der Waals surface area contributed by atoms with Crippen molar-refractivity contribution in [1.29, 1.82) is 0 Å². The van der Waals surface area contributed by atoms with E-state index in [4.69, 9.17) is 4.74 Å². The van der Waals surface area contributed by atoms with E-state index in [-0.39, 0.29) is 5.78 Å². The molecule has 0 aliphatic heterocycles. The lowest BCUT2D eigenvalue weighted by Crippen LogP contribution is -2.04. The molecular weight excluding hydrogens is 236 g/mol. The predicted octanol–water partition coefficient (Wildman–Crippen LogP) is 3.68.